The Balaban J connectivity index is 2.24. The third kappa shape index (κ3) is 4.00. The summed E-state index contributed by atoms with van der Waals surface area (Å²) >= 11 is 0. The van der Waals surface area contributed by atoms with Crippen molar-refractivity contribution in [2.24, 2.45) is 5.18 Å². The first-order valence-electron chi connectivity index (χ1n) is 6.89. The van der Waals surface area contributed by atoms with E-state index in [1.54, 1.807) is 12.1 Å². The average Bonchev–Trinajstić information content (AvgIpc) is 2.60. The Kier molecular flexibility index (Phi) is 5.72. The summed E-state index contributed by atoms with van der Waals surface area (Å²) in [6, 6.07) is 5.69. The number of carbonyl (C=O) groups is 1. The maximum Gasteiger partial charge on any atom is 0.274 e. The molecule has 0 aliphatic rings. The van der Waals surface area contributed by atoms with E-state index < -0.39 is 5.91 Å². The van der Waals surface area contributed by atoms with Gasteiger partial charge in [-0.25, -0.2) is 9.37 Å². The van der Waals surface area contributed by atoms with E-state index in [4.69, 9.17) is 9.47 Å². The minimum Gasteiger partial charge on any atom is -0.490 e. The first-order chi connectivity index (χ1) is 11.6. The van der Waals surface area contributed by atoms with Crippen LogP contribution >= 0.6 is 0 Å². The topological polar surface area (TPSA) is 103 Å². The van der Waals surface area contributed by atoms with E-state index in [0.29, 0.717) is 5.56 Å². The SMILES string of the molecule is COc1nc(CN=O)nc(C(=O)NCc2ccc(F)cc2)c1OC. The number of benzene rings is 1. The predicted octanol–water partition coefficient (Wildman–Crippen LogP) is 1.83. The van der Waals surface area contributed by atoms with Gasteiger partial charge in [0.15, 0.2) is 11.5 Å². The minimum absolute atomic E-state index is 0.0260. The van der Waals surface area contributed by atoms with Gasteiger partial charge in [-0.3, -0.25) is 4.79 Å². The number of nitrogens with one attached hydrogen (secondary N) is 1. The molecule has 0 unspecified atom stereocenters. The summed E-state index contributed by atoms with van der Waals surface area (Å²) in [5.74, 6) is -0.807. The minimum atomic E-state index is -0.552. The molecule has 2 aromatic rings. The van der Waals surface area contributed by atoms with Gasteiger partial charge in [-0.1, -0.05) is 17.3 Å². The number of ether oxygens (including phenoxy) is 2. The smallest absolute Gasteiger partial charge is 0.274 e. The molecule has 9 heteroatoms. The molecule has 1 heterocycles. The van der Waals surface area contributed by atoms with Crippen molar-refractivity contribution in [1.82, 2.24) is 15.3 Å². The van der Waals surface area contributed by atoms with Crippen molar-refractivity contribution in [2.75, 3.05) is 14.2 Å². The number of hydrogen-bond donors (Lipinski definition) is 1. The van der Waals surface area contributed by atoms with Gasteiger partial charge in [-0.2, -0.15) is 9.89 Å². The molecule has 0 bridgehead atoms. The van der Waals surface area contributed by atoms with E-state index in [0.717, 1.165) is 0 Å². The van der Waals surface area contributed by atoms with E-state index >= 15 is 0 Å². The monoisotopic (exact) mass is 334 g/mol. The van der Waals surface area contributed by atoms with Crippen LogP contribution in [0.5, 0.6) is 11.6 Å². The van der Waals surface area contributed by atoms with Gasteiger partial charge >= 0.3 is 0 Å². The van der Waals surface area contributed by atoms with Crippen molar-refractivity contribution in [3.63, 3.8) is 0 Å². The van der Waals surface area contributed by atoms with Crippen LogP contribution < -0.4 is 14.8 Å². The quantitative estimate of drug-likeness (QED) is 0.775. The van der Waals surface area contributed by atoms with Crippen LogP contribution in [0.1, 0.15) is 21.9 Å². The number of halogens is 1. The molecule has 0 radical (unpaired) electrons. The lowest BCUT2D eigenvalue weighted by atomic mass is 10.2. The molecule has 0 saturated carbocycles. The largest absolute Gasteiger partial charge is 0.490 e. The zero-order valence-corrected chi connectivity index (χ0v) is 13.1. The van der Waals surface area contributed by atoms with E-state index in [1.807, 2.05) is 0 Å². The number of hydrogen-bond acceptors (Lipinski definition) is 7. The fourth-order valence-electron chi connectivity index (χ4n) is 1.95. The van der Waals surface area contributed by atoms with Crippen molar-refractivity contribution in [3.05, 3.63) is 52.1 Å². The molecule has 24 heavy (non-hydrogen) atoms. The molecular formula is C15H15FN4O4. The molecule has 1 amide bonds. The highest BCUT2D eigenvalue weighted by Gasteiger charge is 2.21. The van der Waals surface area contributed by atoms with Crippen LogP contribution in [0.2, 0.25) is 0 Å². The second-order valence-electron chi connectivity index (χ2n) is 4.63. The van der Waals surface area contributed by atoms with Crippen molar-refractivity contribution >= 4 is 5.91 Å². The first kappa shape index (κ1) is 17.3. The Hall–Kier alpha value is -3.10. The predicted molar refractivity (Wildman–Crippen MR) is 82.2 cm³/mol. The third-order valence-corrected chi connectivity index (χ3v) is 3.07. The summed E-state index contributed by atoms with van der Waals surface area (Å²) in [7, 11) is 2.69. The van der Waals surface area contributed by atoms with Crippen LogP contribution in [-0.2, 0) is 13.1 Å². The molecule has 126 valence electrons. The number of methoxy groups -OCH3 is 2. The van der Waals surface area contributed by atoms with E-state index in [9.17, 15) is 14.1 Å². The van der Waals surface area contributed by atoms with Gasteiger partial charge in [0, 0.05) is 6.54 Å². The molecule has 8 nitrogen and oxygen atoms in total. The van der Waals surface area contributed by atoms with Crippen molar-refractivity contribution in [1.29, 1.82) is 0 Å². The lowest BCUT2D eigenvalue weighted by Gasteiger charge is -2.12. The summed E-state index contributed by atoms with van der Waals surface area (Å²) in [5.41, 5.74) is 0.629. The summed E-state index contributed by atoms with van der Waals surface area (Å²) in [4.78, 5) is 30.7. The molecule has 2 rings (SSSR count). The van der Waals surface area contributed by atoms with Crippen LogP contribution in [-0.4, -0.2) is 30.1 Å². The Labute approximate surface area is 137 Å². The summed E-state index contributed by atoms with van der Waals surface area (Å²) in [5, 5.41) is 5.33. The average molecular weight is 334 g/mol. The standard InChI is InChI=1S/C15H15FN4O4/c1-23-13-12(19-11(8-18-22)20-15(13)24-2)14(21)17-7-9-3-5-10(16)6-4-9/h3-6H,7-8H2,1-2H3,(H,17,21). The Morgan fingerprint density at radius 2 is 1.92 bits per heavy atom. The molecule has 1 aromatic heterocycles. The van der Waals surface area contributed by atoms with Crippen molar-refractivity contribution < 1.29 is 18.7 Å². The highest BCUT2D eigenvalue weighted by atomic mass is 19.1. The fourth-order valence-corrected chi connectivity index (χ4v) is 1.95. The van der Waals surface area contributed by atoms with Gasteiger partial charge in [0.25, 0.3) is 11.8 Å². The number of nitrogens with zero attached hydrogens (tertiary/aromatic N) is 3. The van der Waals surface area contributed by atoms with Gasteiger partial charge in [-0.15, -0.1) is 0 Å². The molecule has 0 aliphatic carbocycles. The van der Waals surface area contributed by atoms with Crippen LogP contribution in [0, 0.1) is 10.7 Å². The Morgan fingerprint density at radius 1 is 1.21 bits per heavy atom. The summed E-state index contributed by atoms with van der Waals surface area (Å²) < 4.78 is 23.0. The molecule has 0 spiro atoms. The third-order valence-electron chi connectivity index (χ3n) is 3.07. The Bertz CT molecular complexity index is 737. The van der Waals surface area contributed by atoms with E-state index in [-0.39, 0.29) is 42.1 Å². The van der Waals surface area contributed by atoms with Crippen LogP contribution in [0.4, 0.5) is 4.39 Å². The molecular weight excluding hydrogens is 319 g/mol. The number of carbonyl (C=O) groups excluding carboxylic acids is 1. The molecule has 0 fully saturated rings. The number of aromatic nitrogens is 2. The van der Waals surface area contributed by atoms with Gasteiger partial charge in [-0.05, 0) is 17.7 Å². The van der Waals surface area contributed by atoms with E-state index in [2.05, 4.69) is 20.5 Å². The highest BCUT2D eigenvalue weighted by molar-refractivity contribution is 5.95. The molecule has 1 N–H and O–H groups in total. The molecule has 1 aromatic carbocycles. The zero-order valence-electron chi connectivity index (χ0n) is 13.1. The fraction of sp³-hybridized carbons (Fsp3) is 0.267. The van der Waals surface area contributed by atoms with E-state index in [1.165, 1.54) is 26.4 Å². The summed E-state index contributed by atoms with van der Waals surface area (Å²) in [6.45, 7) is -0.144. The number of amides is 1. The van der Waals surface area contributed by atoms with Gasteiger partial charge in [0.05, 0.1) is 14.2 Å². The number of rotatable bonds is 7. The summed E-state index contributed by atoms with van der Waals surface area (Å²) in [6.07, 6.45) is 0. The molecule has 0 aliphatic heterocycles. The lowest BCUT2D eigenvalue weighted by molar-refractivity contribution is 0.0941. The van der Waals surface area contributed by atoms with Gasteiger partial charge < -0.3 is 14.8 Å². The van der Waals surface area contributed by atoms with Crippen molar-refractivity contribution in [3.8, 4) is 11.6 Å². The normalized spacial score (nSPS) is 10.1. The number of nitroso groups, excluding NO2 is 1. The second-order valence-corrected chi connectivity index (χ2v) is 4.63. The first-order valence-corrected chi connectivity index (χ1v) is 6.89. The van der Waals surface area contributed by atoms with Gasteiger partial charge in [0.1, 0.15) is 12.4 Å². The van der Waals surface area contributed by atoms with Crippen molar-refractivity contribution in [2.45, 2.75) is 13.1 Å². The maximum atomic E-state index is 12.9. The van der Waals surface area contributed by atoms with Crippen LogP contribution in [0.15, 0.2) is 29.4 Å². The van der Waals surface area contributed by atoms with Crippen LogP contribution in [0.25, 0.3) is 0 Å². The molecule has 0 atom stereocenters. The van der Waals surface area contributed by atoms with Crippen LogP contribution in [0.3, 0.4) is 0 Å². The molecule has 0 saturated heterocycles. The lowest BCUT2D eigenvalue weighted by Crippen LogP contribution is -2.25. The Morgan fingerprint density at radius 3 is 2.50 bits per heavy atom. The van der Waals surface area contributed by atoms with Gasteiger partial charge in [0.2, 0.25) is 5.75 Å². The highest BCUT2D eigenvalue weighted by Crippen LogP contribution is 2.28. The second kappa shape index (κ2) is 7.95. The zero-order chi connectivity index (χ0) is 17.5. The maximum absolute atomic E-state index is 12.9.